The average molecular weight is 533 g/mol. The Hall–Kier alpha value is -2.75. The fourth-order valence-electron chi connectivity index (χ4n) is 3.28. The van der Waals surface area contributed by atoms with Crippen LogP contribution in [0.4, 0.5) is 0 Å². The standard InChI is InChI=1S/C23H27N5O2.HI/c1-2-24-23(25-11-10-18-8-9-21-22(12-18)30-17-29-21)26-13-20-14-27-28(16-20)15-19-6-4-3-5-7-19;/h3-9,12,14,16H,2,10-11,13,15,17H2,1H3,(H2,24,25,26);1H. The van der Waals surface area contributed by atoms with E-state index in [1.54, 1.807) is 0 Å². The lowest BCUT2D eigenvalue weighted by atomic mass is 10.1. The van der Waals surface area contributed by atoms with Gasteiger partial charge in [0.15, 0.2) is 17.5 Å². The van der Waals surface area contributed by atoms with Crippen LogP contribution >= 0.6 is 24.0 Å². The zero-order valence-corrected chi connectivity index (χ0v) is 19.9. The van der Waals surface area contributed by atoms with E-state index in [2.05, 4.69) is 45.8 Å². The number of fused-ring (bicyclic) bond motifs is 1. The van der Waals surface area contributed by atoms with Crippen LogP contribution < -0.4 is 20.1 Å². The fraction of sp³-hybridized carbons (Fsp3) is 0.304. The lowest BCUT2D eigenvalue weighted by molar-refractivity contribution is 0.174. The van der Waals surface area contributed by atoms with E-state index in [0.717, 1.165) is 49.1 Å². The molecule has 3 aromatic rings. The van der Waals surface area contributed by atoms with Crippen LogP contribution in [0.3, 0.4) is 0 Å². The second-order valence-electron chi connectivity index (χ2n) is 7.09. The second kappa shape index (κ2) is 11.6. The lowest BCUT2D eigenvalue weighted by Gasteiger charge is -2.11. The normalized spacial score (nSPS) is 12.4. The summed E-state index contributed by atoms with van der Waals surface area (Å²) in [6.45, 7) is 5.29. The smallest absolute Gasteiger partial charge is 0.231 e. The van der Waals surface area contributed by atoms with Gasteiger partial charge in [0.25, 0.3) is 0 Å². The maximum Gasteiger partial charge on any atom is 0.231 e. The second-order valence-corrected chi connectivity index (χ2v) is 7.09. The number of nitrogens with zero attached hydrogens (tertiary/aromatic N) is 3. The number of ether oxygens (including phenoxy) is 2. The molecular formula is C23H28IN5O2. The van der Waals surface area contributed by atoms with Gasteiger partial charge in [0.1, 0.15) is 0 Å². The van der Waals surface area contributed by atoms with Crippen molar-refractivity contribution in [3.05, 3.63) is 77.6 Å². The van der Waals surface area contributed by atoms with Crippen molar-refractivity contribution in [1.29, 1.82) is 0 Å². The molecule has 31 heavy (non-hydrogen) atoms. The molecule has 164 valence electrons. The van der Waals surface area contributed by atoms with Crippen molar-refractivity contribution in [3.8, 4) is 11.5 Å². The summed E-state index contributed by atoms with van der Waals surface area (Å²) < 4.78 is 12.8. The van der Waals surface area contributed by atoms with E-state index in [9.17, 15) is 0 Å². The summed E-state index contributed by atoms with van der Waals surface area (Å²) in [5.74, 6) is 2.43. The molecule has 0 radical (unpaired) electrons. The maximum atomic E-state index is 5.45. The van der Waals surface area contributed by atoms with Gasteiger partial charge in [0.2, 0.25) is 6.79 Å². The molecule has 8 heteroatoms. The third-order valence-electron chi connectivity index (χ3n) is 4.78. The predicted molar refractivity (Wildman–Crippen MR) is 132 cm³/mol. The van der Waals surface area contributed by atoms with Crippen molar-refractivity contribution < 1.29 is 9.47 Å². The number of nitrogens with one attached hydrogen (secondary N) is 2. The minimum absolute atomic E-state index is 0. The Bertz CT molecular complexity index is 991. The number of guanidine groups is 1. The molecule has 7 nitrogen and oxygen atoms in total. The number of aromatic nitrogens is 2. The van der Waals surface area contributed by atoms with Gasteiger partial charge < -0.3 is 20.1 Å². The van der Waals surface area contributed by atoms with Gasteiger partial charge in [-0.2, -0.15) is 5.10 Å². The molecule has 0 atom stereocenters. The lowest BCUT2D eigenvalue weighted by Crippen LogP contribution is -2.38. The van der Waals surface area contributed by atoms with Gasteiger partial charge in [0, 0.05) is 24.8 Å². The van der Waals surface area contributed by atoms with Gasteiger partial charge in [-0.15, -0.1) is 24.0 Å². The van der Waals surface area contributed by atoms with Gasteiger partial charge in [-0.3, -0.25) is 4.68 Å². The predicted octanol–water partition coefficient (Wildman–Crippen LogP) is 3.58. The molecule has 2 aromatic carbocycles. The van der Waals surface area contributed by atoms with Gasteiger partial charge in [-0.1, -0.05) is 36.4 Å². The molecule has 1 aliphatic rings. The highest BCUT2D eigenvalue weighted by molar-refractivity contribution is 14.0. The average Bonchev–Trinajstić information content (AvgIpc) is 3.41. The van der Waals surface area contributed by atoms with Crippen LogP contribution in [-0.2, 0) is 19.5 Å². The van der Waals surface area contributed by atoms with E-state index >= 15 is 0 Å². The zero-order chi connectivity index (χ0) is 20.6. The molecule has 0 aliphatic carbocycles. The largest absolute Gasteiger partial charge is 0.454 e. The first-order valence-electron chi connectivity index (χ1n) is 10.3. The summed E-state index contributed by atoms with van der Waals surface area (Å²) in [7, 11) is 0. The van der Waals surface area contributed by atoms with Crippen LogP contribution in [0.1, 0.15) is 23.6 Å². The summed E-state index contributed by atoms with van der Waals surface area (Å²) in [5.41, 5.74) is 3.51. The van der Waals surface area contributed by atoms with Crippen LogP contribution in [0.5, 0.6) is 11.5 Å². The first-order valence-corrected chi connectivity index (χ1v) is 10.3. The molecule has 0 spiro atoms. The third-order valence-corrected chi connectivity index (χ3v) is 4.78. The Morgan fingerprint density at radius 3 is 2.71 bits per heavy atom. The Balaban J connectivity index is 0.00000272. The number of hydrogen-bond donors (Lipinski definition) is 2. The molecule has 4 rings (SSSR count). The zero-order valence-electron chi connectivity index (χ0n) is 17.6. The topological polar surface area (TPSA) is 72.7 Å². The molecule has 0 fully saturated rings. The number of aliphatic imine (C=N–C) groups is 1. The van der Waals surface area contributed by atoms with Crippen molar-refractivity contribution in [3.63, 3.8) is 0 Å². The molecule has 1 aromatic heterocycles. The van der Waals surface area contributed by atoms with Crippen LogP contribution in [0.25, 0.3) is 0 Å². The SMILES string of the molecule is CCNC(=NCc1cnn(Cc2ccccc2)c1)NCCc1ccc2c(c1)OCO2.I. The van der Waals surface area contributed by atoms with E-state index in [1.165, 1.54) is 11.1 Å². The number of halogens is 1. The Kier molecular flexibility index (Phi) is 8.57. The highest BCUT2D eigenvalue weighted by Gasteiger charge is 2.13. The molecule has 0 saturated heterocycles. The summed E-state index contributed by atoms with van der Waals surface area (Å²) in [6.07, 6.45) is 4.80. The van der Waals surface area contributed by atoms with Crippen LogP contribution in [0.15, 0.2) is 65.9 Å². The summed E-state index contributed by atoms with van der Waals surface area (Å²) >= 11 is 0. The number of hydrogen-bond acceptors (Lipinski definition) is 4. The maximum absolute atomic E-state index is 5.45. The molecule has 0 amide bonds. The minimum Gasteiger partial charge on any atom is -0.454 e. The molecular weight excluding hydrogens is 505 g/mol. The van der Waals surface area contributed by atoms with Gasteiger partial charge >= 0.3 is 0 Å². The van der Waals surface area contributed by atoms with Gasteiger partial charge in [-0.05, 0) is 36.6 Å². The summed E-state index contributed by atoms with van der Waals surface area (Å²) in [5, 5.41) is 11.1. The highest BCUT2D eigenvalue weighted by atomic mass is 127. The Morgan fingerprint density at radius 1 is 1.03 bits per heavy atom. The van der Waals surface area contributed by atoms with E-state index in [0.29, 0.717) is 13.3 Å². The number of rotatable bonds is 8. The van der Waals surface area contributed by atoms with Crippen LogP contribution in [0.2, 0.25) is 0 Å². The van der Waals surface area contributed by atoms with E-state index < -0.39 is 0 Å². The van der Waals surface area contributed by atoms with Crippen LogP contribution in [-0.4, -0.2) is 35.6 Å². The first-order chi connectivity index (χ1) is 14.8. The quantitative estimate of drug-likeness (QED) is 0.263. The van der Waals surface area contributed by atoms with Crippen molar-refractivity contribution in [2.24, 2.45) is 4.99 Å². The monoisotopic (exact) mass is 533 g/mol. The number of benzene rings is 2. The summed E-state index contributed by atoms with van der Waals surface area (Å²) in [6, 6.07) is 16.4. The molecule has 0 saturated carbocycles. The fourth-order valence-corrected chi connectivity index (χ4v) is 3.28. The van der Waals surface area contributed by atoms with E-state index in [4.69, 9.17) is 9.47 Å². The molecule has 2 heterocycles. The molecule has 0 unspecified atom stereocenters. The Labute approximate surface area is 199 Å². The van der Waals surface area contributed by atoms with Crippen molar-refractivity contribution >= 4 is 29.9 Å². The van der Waals surface area contributed by atoms with Crippen LogP contribution in [0, 0.1) is 0 Å². The third kappa shape index (κ3) is 6.61. The molecule has 0 bridgehead atoms. The summed E-state index contributed by atoms with van der Waals surface area (Å²) in [4.78, 5) is 4.69. The van der Waals surface area contributed by atoms with Crippen molar-refractivity contribution in [2.75, 3.05) is 19.9 Å². The van der Waals surface area contributed by atoms with E-state index in [-0.39, 0.29) is 24.0 Å². The van der Waals surface area contributed by atoms with E-state index in [1.807, 2.05) is 47.4 Å². The van der Waals surface area contributed by atoms with Crippen molar-refractivity contribution in [1.82, 2.24) is 20.4 Å². The highest BCUT2D eigenvalue weighted by Crippen LogP contribution is 2.32. The Morgan fingerprint density at radius 2 is 1.87 bits per heavy atom. The first kappa shape index (κ1) is 22.9. The molecule has 2 N–H and O–H groups in total. The van der Waals surface area contributed by atoms with Gasteiger partial charge in [-0.25, -0.2) is 4.99 Å². The van der Waals surface area contributed by atoms with Crippen molar-refractivity contribution in [2.45, 2.75) is 26.4 Å². The van der Waals surface area contributed by atoms with Gasteiger partial charge in [0.05, 0.1) is 19.3 Å². The minimum atomic E-state index is 0. The molecule has 1 aliphatic heterocycles.